The van der Waals surface area contributed by atoms with Gasteiger partial charge in [0.1, 0.15) is 0 Å². The Morgan fingerprint density at radius 3 is 2.76 bits per heavy atom. The van der Waals surface area contributed by atoms with E-state index in [1.165, 1.54) is 23.3 Å². The van der Waals surface area contributed by atoms with E-state index >= 15 is 0 Å². The molecule has 110 valence electrons. The van der Waals surface area contributed by atoms with E-state index in [0.29, 0.717) is 17.5 Å². The van der Waals surface area contributed by atoms with Crippen molar-refractivity contribution in [1.29, 1.82) is 0 Å². The minimum Gasteiger partial charge on any atom is -0.377 e. The number of anilines is 1. The molecule has 1 aromatic carbocycles. The molecule has 21 heavy (non-hydrogen) atoms. The van der Waals surface area contributed by atoms with E-state index in [2.05, 4.69) is 35.1 Å². The van der Waals surface area contributed by atoms with Crippen LogP contribution in [0.3, 0.4) is 0 Å². The number of benzene rings is 1. The fourth-order valence-electron chi connectivity index (χ4n) is 2.55. The fraction of sp³-hybridized carbons (Fsp3) is 0.353. The number of carbonyl (C=O) groups excluding carboxylic acids is 1. The van der Waals surface area contributed by atoms with Gasteiger partial charge in [0.25, 0.3) is 5.91 Å². The van der Waals surface area contributed by atoms with Crippen LogP contribution in [-0.4, -0.2) is 13.0 Å². The number of hydrogen-bond donors (Lipinski definition) is 2. The molecule has 1 aliphatic rings. The Balaban J connectivity index is 1.87. The van der Waals surface area contributed by atoms with Crippen LogP contribution < -0.4 is 10.6 Å². The van der Waals surface area contributed by atoms with Crippen LogP contribution in [-0.2, 0) is 0 Å². The Kier molecular flexibility index (Phi) is 3.97. The largest absolute Gasteiger partial charge is 0.377 e. The molecule has 3 nitrogen and oxygen atoms in total. The number of rotatable bonds is 5. The molecule has 1 amide bonds. The van der Waals surface area contributed by atoms with Gasteiger partial charge in [0, 0.05) is 23.2 Å². The van der Waals surface area contributed by atoms with Crippen LogP contribution in [0.25, 0.3) is 0 Å². The van der Waals surface area contributed by atoms with Crippen molar-refractivity contribution in [2.75, 3.05) is 12.4 Å². The first-order valence-corrected chi connectivity index (χ1v) is 8.19. The maximum absolute atomic E-state index is 11.8. The van der Waals surface area contributed by atoms with E-state index in [9.17, 15) is 4.79 Å². The lowest BCUT2D eigenvalue weighted by Gasteiger charge is -2.20. The SMILES string of the molecule is CNC(=O)c1ccc(C)c(NC(c2cccs2)C2CC2)c1. The molecular formula is C17H20N2OS. The first kappa shape index (κ1) is 14.1. The third-order valence-corrected chi connectivity index (χ3v) is 4.94. The third-order valence-electron chi connectivity index (χ3n) is 3.98. The standard InChI is InChI=1S/C17H20N2OS/c1-11-5-6-13(17(20)18-2)10-14(11)19-16(12-7-8-12)15-4-3-9-21-15/h3-6,9-10,12,16,19H,7-8H2,1-2H3,(H,18,20). The van der Waals surface area contributed by atoms with Crippen LogP contribution in [0.2, 0.25) is 0 Å². The summed E-state index contributed by atoms with van der Waals surface area (Å²) in [6.45, 7) is 2.08. The lowest BCUT2D eigenvalue weighted by atomic mass is 10.1. The van der Waals surface area contributed by atoms with E-state index in [4.69, 9.17) is 0 Å². The van der Waals surface area contributed by atoms with Crippen molar-refractivity contribution in [3.8, 4) is 0 Å². The maximum atomic E-state index is 11.8. The summed E-state index contributed by atoms with van der Waals surface area (Å²) in [6, 6.07) is 10.5. The molecule has 0 aliphatic heterocycles. The second-order valence-corrected chi connectivity index (χ2v) is 6.56. The summed E-state index contributed by atoms with van der Waals surface area (Å²) in [6.07, 6.45) is 2.56. The summed E-state index contributed by atoms with van der Waals surface area (Å²) in [4.78, 5) is 13.2. The molecule has 3 rings (SSSR count). The van der Waals surface area contributed by atoms with Crippen LogP contribution >= 0.6 is 11.3 Å². The summed E-state index contributed by atoms with van der Waals surface area (Å²) < 4.78 is 0. The number of nitrogens with one attached hydrogen (secondary N) is 2. The molecule has 1 aliphatic carbocycles. The molecule has 1 saturated carbocycles. The first-order valence-electron chi connectivity index (χ1n) is 7.31. The smallest absolute Gasteiger partial charge is 0.251 e. The number of amides is 1. The lowest BCUT2D eigenvalue weighted by Crippen LogP contribution is -2.18. The van der Waals surface area contributed by atoms with Crippen LogP contribution in [0.15, 0.2) is 35.7 Å². The van der Waals surface area contributed by atoms with Gasteiger partial charge in [0.15, 0.2) is 0 Å². The normalized spacial score (nSPS) is 15.5. The Morgan fingerprint density at radius 2 is 2.14 bits per heavy atom. The van der Waals surface area contributed by atoms with Gasteiger partial charge in [0.2, 0.25) is 0 Å². The number of aryl methyl sites for hydroxylation is 1. The van der Waals surface area contributed by atoms with Gasteiger partial charge >= 0.3 is 0 Å². The predicted molar refractivity (Wildman–Crippen MR) is 88.0 cm³/mol. The molecule has 2 aromatic rings. The third kappa shape index (κ3) is 3.10. The lowest BCUT2D eigenvalue weighted by molar-refractivity contribution is 0.0963. The minimum absolute atomic E-state index is 0.0443. The minimum atomic E-state index is -0.0443. The van der Waals surface area contributed by atoms with Crippen LogP contribution in [0.1, 0.15) is 39.7 Å². The zero-order valence-electron chi connectivity index (χ0n) is 12.3. The molecule has 2 N–H and O–H groups in total. The van der Waals surface area contributed by atoms with E-state index in [0.717, 1.165) is 5.69 Å². The molecule has 1 atom stereocenters. The van der Waals surface area contributed by atoms with Crippen LogP contribution in [0, 0.1) is 12.8 Å². The van der Waals surface area contributed by atoms with Gasteiger partial charge in [-0.25, -0.2) is 0 Å². The highest BCUT2D eigenvalue weighted by molar-refractivity contribution is 7.10. The Hall–Kier alpha value is -1.81. The fourth-order valence-corrected chi connectivity index (χ4v) is 3.42. The van der Waals surface area contributed by atoms with Gasteiger partial charge in [-0.2, -0.15) is 0 Å². The van der Waals surface area contributed by atoms with Crippen molar-refractivity contribution >= 4 is 22.9 Å². The quantitative estimate of drug-likeness (QED) is 0.877. The Morgan fingerprint density at radius 1 is 1.33 bits per heavy atom. The number of hydrogen-bond acceptors (Lipinski definition) is 3. The zero-order chi connectivity index (χ0) is 14.8. The molecule has 1 aromatic heterocycles. The van der Waals surface area contributed by atoms with Gasteiger partial charge in [0.05, 0.1) is 6.04 Å². The van der Waals surface area contributed by atoms with E-state index in [1.807, 2.05) is 18.2 Å². The van der Waals surface area contributed by atoms with Crippen molar-refractivity contribution < 1.29 is 4.79 Å². The highest BCUT2D eigenvalue weighted by atomic mass is 32.1. The topological polar surface area (TPSA) is 41.1 Å². The number of thiophene rings is 1. The predicted octanol–water partition coefficient (Wildman–Crippen LogP) is 3.98. The molecule has 0 spiro atoms. The zero-order valence-corrected chi connectivity index (χ0v) is 13.2. The van der Waals surface area contributed by atoms with Crippen LogP contribution in [0.5, 0.6) is 0 Å². The summed E-state index contributed by atoms with van der Waals surface area (Å²) in [7, 11) is 1.66. The summed E-state index contributed by atoms with van der Waals surface area (Å²) >= 11 is 1.80. The van der Waals surface area contributed by atoms with E-state index < -0.39 is 0 Å². The van der Waals surface area contributed by atoms with Crippen LogP contribution in [0.4, 0.5) is 5.69 Å². The van der Waals surface area contributed by atoms with E-state index in [1.54, 1.807) is 18.4 Å². The highest BCUT2D eigenvalue weighted by Gasteiger charge is 2.33. The van der Waals surface area contributed by atoms with Gasteiger partial charge in [-0.1, -0.05) is 12.1 Å². The van der Waals surface area contributed by atoms with Gasteiger partial charge in [-0.3, -0.25) is 4.79 Å². The highest BCUT2D eigenvalue weighted by Crippen LogP contribution is 2.44. The molecule has 0 radical (unpaired) electrons. The summed E-state index contributed by atoms with van der Waals surface area (Å²) in [5, 5.41) is 8.47. The molecular weight excluding hydrogens is 280 g/mol. The van der Waals surface area contributed by atoms with E-state index in [-0.39, 0.29) is 5.91 Å². The summed E-state index contributed by atoms with van der Waals surface area (Å²) in [5.74, 6) is 0.670. The van der Waals surface area contributed by atoms with Gasteiger partial charge in [-0.05, 0) is 54.8 Å². The van der Waals surface area contributed by atoms with Crippen molar-refractivity contribution in [2.24, 2.45) is 5.92 Å². The molecule has 0 bridgehead atoms. The van der Waals surface area contributed by atoms with Crippen molar-refractivity contribution in [2.45, 2.75) is 25.8 Å². The molecule has 0 saturated heterocycles. The maximum Gasteiger partial charge on any atom is 0.251 e. The van der Waals surface area contributed by atoms with Crippen molar-refractivity contribution in [3.63, 3.8) is 0 Å². The Labute approximate surface area is 129 Å². The molecule has 1 heterocycles. The van der Waals surface area contributed by atoms with Gasteiger partial charge < -0.3 is 10.6 Å². The monoisotopic (exact) mass is 300 g/mol. The Bertz CT molecular complexity index is 632. The molecule has 1 fully saturated rings. The average Bonchev–Trinajstić information content (AvgIpc) is 3.19. The average molecular weight is 300 g/mol. The summed E-state index contributed by atoms with van der Waals surface area (Å²) in [5.41, 5.74) is 2.93. The molecule has 1 unspecified atom stereocenters. The molecule has 4 heteroatoms. The van der Waals surface area contributed by atoms with Gasteiger partial charge in [-0.15, -0.1) is 11.3 Å². The number of carbonyl (C=O) groups is 1. The van der Waals surface area contributed by atoms with Crippen molar-refractivity contribution in [1.82, 2.24) is 5.32 Å². The first-order chi connectivity index (χ1) is 10.2. The second kappa shape index (κ2) is 5.90. The second-order valence-electron chi connectivity index (χ2n) is 5.58. The van der Waals surface area contributed by atoms with Crippen molar-refractivity contribution in [3.05, 3.63) is 51.7 Å².